The van der Waals surface area contributed by atoms with Crippen molar-refractivity contribution in [2.45, 2.75) is 13.5 Å². The first-order valence-corrected chi connectivity index (χ1v) is 6.04. The second-order valence-electron chi connectivity index (χ2n) is 4.08. The number of Topliss-reactive ketones (excluding diaryl/α,β-unsaturated/α-hetero) is 1. The number of pyridine rings is 1. The number of carboxylic acids is 1. The molecule has 0 saturated heterocycles. The Morgan fingerprint density at radius 3 is 2.60 bits per heavy atom. The number of ketones is 1. The monoisotopic (exact) mass is 297 g/mol. The summed E-state index contributed by atoms with van der Waals surface area (Å²) in [5, 5.41) is 8.46. The molecule has 104 valence electrons. The number of carbonyl (C=O) groups excluding carboxylic acids is 1. The molecule has 0 aliphatic carbocycles. The average Bonchev–Trinajstić information content (AvgIpc) is 2.41. The molecular weight excluding hydrogens is 289 g/mol. The molecule has 0 spiro atoms. The van der Waals surface area contributed by atoms with Crippen molar-refractivity contribution in [3.8, 4) is 0 Å². The van der Waals surface area contributed by atoms with E-state index < -0.39 is 28.6 Å². The molecule has 0 amide bonds. The Hall–Kier alpha value is -2.21. The second-order valence-corrected chi connectivity index (χ2v) is 4.48. The van der Waals surface area contributed by atoms with Gasteiger partial charge in [-0.25, -0.2) is 9.18 Å². The predicted octanol–water partition coefficient (Wildman–Crippen LogP) is 2.08. The van der Waals surface area contributed by atoms with Crippen LogP contribution in [0.4, 0.5) is 4.39 Å². The van der Waals surface area contributed by atoms with Crippen LogP contribution >= 0.6 is 11.6 Å². The molecule has 0 bridgehead atoms. The maximum atomic E-state index is 13.5. The summed E-state index contributed by atoms with van der Waals surface area (Å²) in [4.78, 5) is 34.3. The minimum absolute atomic E-state index is 0.0825. The summed E-state index contributed by atoms with van der Waals surface area (Å²) in [5.74, 6) is -3.87. The number of hydrogen-bond donors (Lipinski definition) is 1. The number of nitrogens with zero attached hydrogens (tertiary/aromatic N) is 1. The summed E-state index contributed by atoms with van der Waals surface area (Å²) in [7, 11) is 0. The number of carbonyl (C=O) groups is 2. The molecule has 0 aliphatic rings. The lowest BCUT2D eigenvalue weighted by Gasteiger charge is -2.11. The number of aliphatic carboxylic acids is 1. The lowest BCUT2D eigenvalue weighted by atomic mass is 10.1. The number of halogens is 2. The van der Waals surface area contributed by atoms with Crippen LogP contribution in [0.5, 0.6) is 0 Å². The lowest BCUT2D eigenvalue weighted by Crippen LogP contribution is -2.24. The fourth-order valence-corrected chi connectivity index (χ4v) is 2.08. The van der Waals surface area contributed by atoms with E-state index >= 15 is 0 Å². The fraction of sp³-hybridized carbons (Fsp3) is 0.154. The first-order chi connectivity index (χ1) is 9.36. The predicted molar refractivity (Wildman–Crippen MR) is 70.8 cm³/mol. The number of aromatic nitrogens is 1. The Labute approximate surface area is 117 Å². The van der Waals surface area contributed by atoms with Crippen LogP contribution in [0.25, 0.3) is 10.9 Å². The van der Waals surface area contributed by atoms with Crippen molar-refractivity contribution in [2.24, 2.45) is 0 Å². The van der Waals surface area contributed by atoms with Crippen LogP contribution in [-0.4, -0.2) is 21.4 Å². The number of carboxylic acid groups (broad SMARTS) is 1. The zero-order chi connectivity index (χ0) is 15.0. The average molecular weight is 298 g/mol. The summed E-state index contributed by atoms with van der Waals surface area (Å²) < 4.78 is 14.9. The Morgan fingerprint density at radius 2 is 2.05 bits per heavy atom. The number of hydrogen-bond acceptors (Lipinski definition) is 3. The topological polar surface area (TPSA) is 76.4 Å². The van der Waals surface area contributed by atoms with Gasteiger partial charge in [-0.15, -0.1) is 0 Å². The molecule has 0 fully saturated rings. The highest BCUT2D eigenvalue weighted by molar-refractivity contribution is 6.40. The molecule has 0 unspecified atom stereocenters. The Bertz CT molecular complexity index is 797. The van der Waals surface area contributed by atoms with E-state index in [1.807, 2.05) is 0 Å². The van der Waals surface area contributed by atoms with Crippen molar-refractivity contribution in [1.29, 1.82) is 0 Å². The van der Waals surface area contributed by atoms with Crippen molar-refractivity contribution < 1.29 is 19.1 Å². The molecule has 0 radical (unpaired) electrons. The van der Waals surface area contributed by atoms with E-state index in [2.05, 4.69) is 0 Å². The Morgan fingerprint density at radius 1 is 1.40 bits per heavy atom. The summed E-state index contributed by atoms with van der Waals surface area (Å²) >= 11 is 5.67. The maximum absolute atomic E-state index is 13.5. The Kier molecular flexibility index (Phi) is 3.59. The van der Waals surface area contributed by atoms with Crippen molar-refractivity contribution in [3.05, 3.63) is 45.0 Å². The van der Waals surface area contributed by atoms with Gasteiger partial charge in [0.05, 0.1) is 16.1 Å². The molecule has 1 aromatic heterocycles. The minimum Gasteiger partial charge on any atom is -0.475 e. The van der Waals surface area contributed by atoms with Gasteiger partial charge in [-0.2, -0.15) is 0 Å². The largest absolute Gasteiger partial charge is 0.475 e. The van der Waals surface area contributed by atoms with Crippen molar-refractivity contribution in [2.75, 3.05) is 0 Å². The molecule has 1 aromatic carbocycles. The zero-order valence-corrected chi connectivity index (χ0v) is 11.1. The van der Waals surface area contributed by atoms with Crippen LogP contribution in [0.2, 0.25) is 5.02 Å². The van der Waals surface area contributed by atoms with Gasteiger partial charge in [-0.1, -0.05) is 11.6 Å². The van der Waals surface area contributed by atoms with Gasteiger partial charge >= 0.3 is 5.97 Å². The van der Waals surface area contributed by atoms with Crippen LogP contribution in [0.15, 0.2) is 23.1 Å². The van der Waals surface area contributed by atoms with E-state index in [0.717, 1.165) is 12.3 Å². The van der Waals surface area contributed by atoms with E-state index in [1.165, 1.54) is 10.6 Å². The summed E-state index contributed by atoms with van der Waals surface area (Å²) in [6.45, 7) is 2.09. The van der Waals surface area contributed by atoms with Crippen molar-refractivity contribution >= 4 is 34.3 Å². The molecule has 0 saturated carbocycles. The van der Waals surface area contributed by atoms with Gasteiger partial charge in [0.25, 0.3) is 5.78 Å². The fourth-order valence-electron chi connectivity index (χ4n) is 1.92. The maximum Gasteiger partial charge on any atom is 0.377 e. The quantitative estimate of drug-likeness (QED) is 0.695. The van der Waals surface area contributed by atoms with Crippen LogP contribution in [0.3, 0.4) is 0 Å². The van der Waals surface area contributed by atoms with Gasteiger partial charge in [0, 0.05) is 18.1 Å². The third kappa shape index (κ3) is 2.18. The third-order valence-electron chi connectivity index (χ3n) is 2.90. The number of rotatable bonds is 3. The third-order valence-corrected chi connectivity index (χ3v) is 3.19. The molecule has 0 atom stereocenters. The summed E-state index contributed by atoms with van der Waals surface area (Å²) in [6.07, 6.45) is 1.15. The minimum atomic E-state index is -1.74. The number of aryl methyl sites for hydroxylation is 1. The molecule has 20 heavy (non-hydrogen) atoms. The number of fused-ring (bicyclic) bond motifs is 1. The summed E-state index contributed by atoms with van der Waals surface area (Å²) in [5.41, 5.74) is -0.993. The molecule has 1 heterocycles. The van der Waals surface area contributed by atoms with Crippen LogP contribution in [0, 0.1) is 5.82 Å². The van der Waals surface area contributed by atoms with Gasteiger partial charge in [0.2, 0.25) is 5.43 Å². The SMILES string of the molecule is CCn1cc(C(=O)C(=O)O)c(=O)c2cc(F)c(Cl)cc21. The van der Waals surface area contributed by atoms with E-state index in [-0.39, 0.29) is 10.4 Å². The van der Waals surface area contributed by atoms with E-state index in [1.54, 1.807) is 6.92 Å². The standard InChI is InChI=1S/C13H9ClFNO4/c1-2-16-5-7(12(18)13(19)20)11(17)6-3-9(15)8(14)4-10(6)16/h3-5H,2H2,1H3,(H,19,20). The van der Waals surface area contributed by atoms with Crippen LogP contribution in [-0.2, 0) is 11.3 Å². The van der Waals surface area contributed by atoms with E-state index in [4.69, 9.17) is 16.7 Å². The molecule has 2 aromatic rings. The molecule has 0 aliphatic heterocycles. The highest BCUT2D eigenvalue weighted by Crippen LogP contribution is 2.21. The number of benzene rings is 1. The van der Waals surface area contributed by atoms with E-state index in [0.29, 0.717) is 12.1 Å². The first-order valence-electron chi connectivity index (χ1n) is 5.66. The second kappa shape index (κ2) is 5.05. The van der Waals surface area contributed by atoms with Gasteiger partial charge in [-0.05, 0) is 19.1 Å². The van der Waals surface area contributed by atoms with Gasteiger partial charge in [0.1, 0.15) is 5.82 Å². The summed E-state index contributed by atoms with van der Waals surface area (Å²) in [6, 6.07) is 2.18. The van der Waals surface area contributed by atoms with E-state index in [9.17, 15) is 18.8 Å². The van der Waals surface area contributed by atoms with Crippen molar-refractivity contribution in [1.82, 2.24) is 4.57 Å². The van der Waals surface area contributed by atoms with Gasteiger partial charge < -0.3 is 9.67 Å². The Balaban J connectivity index is 2.92. The lowest BCUT2D eigenvalue weighted by molar-refractivity contribution is -0.131. The molecular formula is C13H9ClFNO4. The van der Waals surface area contributed by atoms with Crippen LogP contribution < -0.4 is 5.43 Å². The highest BCUT2D eigenvalue weighted by atomic mass is 35.5. The first kappa shape index (κ1) is 14.2. The van der Waals surface area contributed by atoms with Gasteiger partial charge in [0.15, 0.2) is 0 Å². The van der Waals surface area contributed by atoms with Crippen molar-refractivity contribution in [3.63, 3.8) is 0 Å². The molecule has 1 N–H and O–H groups in total. The smallest absolute Gasteiger partial charge is 0.377 e. The zero-order valence-electron chi connectivity index (χ0n) is 10.3. The molecule has 7 heteroatoms. The van der Waals surface area contributed by atoms with Gasteiger partial charge in [-0.3, -0.25) is 9.59 Å². The molecule has 5 nitrogen and oxygen atoms in total. The highest BCUT2D eigenvalue weighted by Gasteiger charge is 2.21. The molecule has 2 rings (SSSR count). The van der Waals surface area contributed by atoms with Crippen LogP contribution in [0.1, 0.15) is 17.3 Å². The normalized spacial score (nSPS) is 10.8.